The van der Waals surface area contributed by atoms with Gasteiger partial charge in [0.2, 0.25) is 0 Å². The van der Waals surface area contributed by atoms with Gasteiger partial charge in [-0.05, 0) is 30.5 Å². The number of aromatic carboxylic acids is 1. The molecule has 1 aliphatic carbocycles. The van der Waals surface area contributed by atoms with E-state index in [0.717, 1.165) is 18.4 Å². The topological polar surface area (TPSA) is 77.8 Å². The highest BCUT2D eigenvalue weighted by molar-refractivity contribution is 5.87. The summed E-state index contributed by atoms with van der Waals surface area (Å²) in [6.07, 6.45) is 2.38. The SMILES string of the molecule is O=C(O)CCN(Cc1ccc(C(=O)O)cc1)C1CC1. The van der Waals surface area contributed by atoms with Crippen molar-refractivity contribution in [3.8, 4) is 0 Å². The molecule has 2 rings (SSSR count). The number of benzene rings is 1. The van der Waals surface area contributed by atoms with Crippen LogP contribution < -0.4 is 0 Å². The van der Waals surface area contributed by atoms with Crippen LogP contribution in [0, 0.1) is 0 Å². The van der Waals surface area contributed by atoms with Crippen LogP contribution in [0.3, 0.4) is 0 Å². The zero-order valence-corrected chi connectivity index (χ0v) is 10.6. The maximum Gasteiger partial charge on any atom is 0.335 e. The summed E-state index contributed by atoms with van der Waals surface area (Å²) in [4.78, 5) is 23.5. The maximum atomic E-state index is 10.8. The fraction of sp³-hybridized carbons (Fsp3) is 0.429. The molecule has 0 radical (unpaired) electrons. The molecule has 1 saturated carbocycles. The molecule has 0 amide bonds. The average Bonchev–Trinajstić information content (AvgIpc) is 3.19. The van der Waals surface area contributed by atoms with Gasteiger partial charge in [0.25, 0.3) is 0 Å². The molecule has 102 valence electrons. The molecule has 19 heavy (non-hydrogen) atoms. The van der Waals surface area contributed by atoms with Crippen LogP contribution >= 0.6 is 0 Å². The minimum Gasteiger partial charge on any atom is -0.481 e. The maximum absolute atomic E-state index is 10.8. The molecule has 0 atom stereocenters. The molecule has 0 heterocycles. The van der Waals surface area contributed by atoms with Crippen LogP contribution in [0.25, 0.3) is 0 Å². The van der Waals surface area contributed by atoms with Gasteiger partial charge in [-0.15, -0.1) is 0 Å². The number of aliphatic carboxylic acids is 1. The standard InChI is InChI=1S/C14H17NO4/c16-13(17)7-8-15(12-5-6-12)9-10-1-3-11(4-2-10)14(18)19/h1-4,12H,5-9H2,(H,16,17)(H,18,19). The summed E-state index contributed by atoms with van der Waals surface area (Å²) in [5.41, 5.74) is 1.29. The van der Waals surface area contributed by atoms with Crippen molar-refractivity contribution >= 4 is 11.9 Å². The van der Waals surface area contributed by atoms with Crippen LogP contribution in [0.4, 0.5) is 0 Å². The lowest BCUT2D eigenvalue weighted by Crippen LogP contribution is -2.28. The smallest absolute Gasteiger partial charge is 0.335 e. The summed E-state index contributed by atoms with van der Waals surface area (Å²) in [6.45, 7) is 1.22. The van der Waals surface area contributed by atoms with Crippen molar-refractivity contribution in [1.82, 2.24) is 4.90 Å². The second-order valence-corrected chi connectivity index (χ2v) is 4.85. The van der Waals surface area contributed by atoms with Gasteiger partial charge in [-0.3, -0.25) is 9.69 Å². The molecule has 1 aromatic rings. The van der Waals surface area contributed by atoms with Crippen LogP contribution in [-0.4, -0.2) is 39.6 Å². The number of carboxylic acids is 2. The third-order valence-electron chi connectivity index (χ3n) is 3.26. The van der Waals surface area contributed by atoms with Gasteiger partial charge in [-0.25, -0.2) is 4.79 Å². The highest BCUT2D eigenvalue weighted by Gasteiger charge is 2.28. The quantitative estimate of drug-likeness (QED) is 0.784. The zero-order chi connectivity index (χ0) is 13.8. The van der Waals surface area contributed by atoms with Gasteiger partial charge in [0.05, 0.1) is 12.0 Å². The van der Waals surface area contributed by atoms with Gasteiger partial charge >= 0.3 is 11.9 Å². The van der Waals surface area contributed by atoms with E-state index in [0.29, 0.717) is 19.1 Å². The zero-order valence-electron chi connectivity index (χ0n) is 10.6. The molecular weight excluding hydrogens is 246 g/mol. The first-order valence-electron chi connectivity index (χ1n) is 6.34. The molecule has 1 aliphatic rings. The minimum atomic E-state index is -0.934. The highest BCUT2D eigenvalue weighted by atomic mass is 16.4. The van der Waals surface area contributed by atoms with Gasteiger partial charge in [0, 0.05) is 19.1 Å². The number of rotatable bonds is 7. The van der Waals surface area contributed by atoms with Gasteiger partial charge in [0.15, 0.2) is 0 Å². The first-order valence-corrected chi connectivity index (χ1v) is 6.34. The molecule has 5 nitrogen and oxygen atoms in total. The molecule has 1 fully saturated rings. The summed E-state index contributed by atoms with van der Waals surface area (Å²) in [5.74, 6) is -1.72. The van der Waals surface area contributed by atoms with Gasteiger partial charge in [-0.2, -0.15) is 0 Å². The second-order valence-electron chi connectivity index (χ2n) is 4.85. The van der Waals surface area contributed by atoms with Crippen molar-refractivity contribution in [2.45, 2.75) is 31.8 Å². The lowest BCUT2D eigenvalue weighted by atomic mass is 10.1. The van der Waals surface area contributed by atoms with E-state index in [-0.39, 0.29) is 12.0 Å². The molecule has 0 saturated heterocycles. The summed E-state index contributed by atoms with van der Waals surface area (Å²) in [6, 6.07) is 7.23. The molecule has 0 spiro atoms. The molecule has 0 aliphatic heterocycles. The summed E-state index contributed by atoms with van der Waals surface area (Å²) < 4.78 is 0. The van der Waals surface area contributed by atoms with E-state index in [1.54, 1.807) is 24.3 Å². The summed E-state index contributed by atoms with van der Waals surface area (Å²) >= 11 is 0. The monoisotopic (exact) mass is 263 g/mol. The van der Waals surface area contributed by atoms with E-state index in [1.807, 2.05) is 0 Å². The largest absolute Gasteiger partial charge is 0.481 e. The minimum absolute atomic E-state index is 0.143. The lowest BCUT2D eigenvalue weighted by molar-refractivity contribution is -0.137. The number of hydrogen-bond acceptors (Lipinski definition) is 3. The Morgan fingerprint density at radius 2 is 1.79 bits per heavy atom. The second kappa shape index (κ2) is 5.84. The van der Waals surface area contributed by atoms with Crippen molar-refractivity contribution in [1.29, 1.82) is 0 Å². The van der Waals surface area contributed by atoms with Crippen LogP contribution in [0.5, 0.6) is 0 Å². The van der Waals surface area contributed by atoms with Crippen molar-refractivity contribution < 1.29 is 19.8 Å². The normalized spacial score (nSPS) is 14.6. The molecular formula is C14H17NO4. The Balaban J connectivity index is 1.96. The van der Waals surface area contributed by atoms with E-state index in [1.165, 1.54) is 0 Å². The van der Waals surface area contributed by atoms with Crippen LogP contribution in [0.1, 0.15) is 35.2 Å². The Morgan fingerprint density at radius 1 is 1.16 bits per heavy atom. The van der Waals surface area contributed by atoms with E-state index < -0.39 is 11.9 Å². The third-order valence-corrected chi connectivity index (χ3v) is 3.26. The Hall–Kier alpha value is -1.88. The fourth-order valence-electron chi connectivity index (χ4n) is 2.06. The van der Waals surface area contributed by atoms with Crippen molar-refractivity contribution in [3.63, 3.8) is 0 Å². The lowest BCUT2D eigenvalue weighted by Gasteiger charge is -2.21. The molecule has 0 aromatic heterocycles. The van der Waals surface area contributed by atoms with E-state index in [4.69, 9.17) is 10.2 Å². The van der Waals surface area contributed by atoms with Crippen molar-refractivity contribution in [2.24, 2.45) is 0 Å². The Morgan fingerprint density at radius 3 is 2.26 bits per heavy atom. The van der Waals surface area contributed by atoms with Crippen molar-refractivity contribution in [2.75, 3.05) is 6.54 Å². The summed E-state index contributed by atoms with van der Waals surface area (Å²) in [7, 11) is 0. The van der Waals surface area contributed by atoms with E-state index in [2.05, 4.69) is 4.90 Å². The number of nitrogens with zero attached hydrogens (tertiary/aromatic N) is 1. The highest BCUT2D eigenvalue weighted by Crippen LogP contribution is 2.28. The number of carbonyl (C=O) groups is 2. The van der Waals surface area contributed by atoms with E-state index in [9.17, 15) is 9.59 Å². The van der Waals surface area contributed by atoms with Gasteiger partial charge in [-0.1, -0.05) is 12.1 Å². The fourth-order valence-corrected chi connectivity index (χ4v) is 2.06. The van der Waals surface area contributed by atoms with Gasteiger partial charge < -0.3 is 10.2 Å². The van der Waals surface area contributed by atoms with Gasteiger partial charge in [0.1, 0.15) is 0 Å². The third kappa shape index (κ3) is 4.06. The predicted molar refractivity (Wildman–Crippen MR) is 69.1 cm³/mol. The Kier molecular flexibility index (Phi) is 4.16. The van der Waals surface area contributed by atoms with Crippen molar-refractivity contribution in [3.05, 3.63) is 35.4 Å². The predicted octanol–water partition coefficient (Wildman–Crippen LogP) is 1.82. The van der Waals surface area contributed by atoms with Crippen LogP contribution in [0.15, 0.2) is 24.3 Å². The first-order chi connectivity index (χ1) is 9.06. The number of hydrogen-bond donors (Lipinski definition) is 2. The van der Waals surface area contributed by atoms with Crippen LogP contribution in [0.2, 0.25) is 0 Å². The Bertz CT molecular complexity index is 465. The molecule has 5 heteroatoms. The first kappa shape index (κ1) is 13.5. The van der Waals surface area contributed by atoms with Crippen LogP contribution in [-0.2, 0) is 11.3 Å². The van der Waals surface area contributed by atoms with E-state index >= 15 is 0 Å². The Labute approximate surface area is 111 Å². The molecule has 0 unspecified atom stereocenters. The average molecular weight is 263 g/mol. The number of carboxylic acid groups (broad SMARTS) is 2. The molecule has 1 aromatic carbocycles. The molecule has 2 N–H and O–H groups in total. The molecule has 0 bridgehead atoms. The summed E-state index contributed by atoms with van der Waals surface area (Å²) in [5, 5.41) is 17.6.